The van der Waals surface area contributed by atoms with Gasteiger partial charge in [0.2, 0.25) is 0 Å². The molecule has 2 rings (SSSR count). The summed E-state index contributed by atoms with van der Waals surface area (Å²) in [5.41, 5.74) is 7.39. The van der Waals surface area contributed by atoms with Crippen LogP contribution >= 0.6 is 0 Å². The van der Waals surface area contributed by atoms with E-state index in [4.69, 9.17) is 5.73 Å². The number of aromatic amines is 1. The minimum absolute atomic E-state index is 0.211. The van der Waals surface area contributed by atoms with E-state index in [1.165, 1.54) is 19.2 Å². The topological polar surface area (TPSA) is 68.1 Å². The first kappa shape index (κ1) is 12.6. The third-order valence-corrected chi connectivity index (χ3v) is 3.18. The monoisotopic (exact) mass is 250 g/mol. The SMILES string of the molecule is COC(=O)C(N)C(C)c1c[nH]c2cc(F)ccc12. The van der Waals surface area contributed by atoms with Gasteiger partial charge in [-0.1, -0.05) is 6.92 Å². The van der Waals surface area contributed by atoms with Crippen LogP contribution in [0.5, 0.6) is 0 Å². The summed E-state index contributed by atoms with van der Waals surface area (Å²) < 4.78 is 17.7. The van der Waals surface area contributed by atoms with Gasteiger partial charge in [0.05, 0.1) is 7.11 Å². The minimum atomic E-state index is -0.737. The number of rotatable bonds is 3. The number of halogens is 1. The standard InChI is InChI=1S/C13H15FN2O2/c1-7(12(15)13(17)18-2)10-6-16-11-5-8(14)3-4-9(10)11/h3-7,12,16H,15H2,1-2H3. The lowest BCUT2D eigenvalue weighted by atomic mass is 9.93. The van der Waals surface area contributed by atoms with Crippen LogP contribution in [0.2, 0.25) is 0 Å². The highest BCUT2D eigenvalue weighted by Crippen LogP contribution is 2.27. The molecule has 2 atom stereocenters. The molecule has 1 aromatic carbocycles. The second-order valence-electron chi connectivity index (χ2n) is 4.27. The number of nitrogens with one attached hydrogen (secondary N) is 1. The number of esters is 1. The number of benzene rings is 1. The minimum Gasteiger partial charge on any atom is -0.468 e. The van der Waals surface area contributed by atoms with Gasteiger partial charge in [0, 0.05) is 23.0 Å². The summed E-state index contributed by atoms with van der Waals surface area (Å²) in [5.74, 6) is -0.976. The number of aromatic nitrogens is 1. The number of ether oxygens (including phenoxy) is 1. The average Bonchev–Trinajstić information content (AvgIpc) is 2.78. The molecule has 2 aromatic rings. The number of carbonyl (C=O) groups excluding carboxylic acids is 1. The lowest BCUT2D eigenvalue weighted by Crippen LogP contribution is -2.36. The van der Waals surface area contributed by atoms with Gasteiger partial charge in [-0.2, -0.15) is 0 Å². The van der Waals surface area contributed by atoms with Gasteiger partial charge >= 0.3 is 5.97 Å². The fourth-order valence-electron chi connectivity index (χ4n) is 2.03. The van der Waals surface area contributed by atoms with Crippen molar-refractivity contribution in [3.8, 4) is 0 Å². The quantitative estimate of drug-likeness (QED) is 0.818. The van der Waals surface area contributed by atoms with Gasteiger partial charge in [0.25, 0.3) is 0 Å². The zero-order valence-corrected chi connectivity index (χ0v) is 10.2. The Morgan fingerprint density at radius 1 is 1.50 bits per heavy atom. The maximum atomic E-state index is 13.1. The molecule has 18 heavy (non-hydrogen) atoms. The normalized spacial score (nSPS) is 14.4. The highest BCUT2D eigenvalue weighted by atomic mass is 19.1. The van der Waals surface area contributed by atoms with E-state index in [0.29, 0.717) is 5.52 Å². The van der Waals surface area contributed by atoms with Crippen LogP contribution in [0.25, 0.3) is 10.9 Å². The number of nitrogens with two attached hydrogens (primary N) is 1. The van der Waals surface area contributed by atoms with Crippen LogP contribution in [0.15, 0.2) is 24.4 Å². The van der Waals surface area contributed by atoms with Crippen molar-refractivity contribution < 1.29 is 13.9 Å². The highest BCUT2D eigenvalue weighted by Gasteiger charge is 2.24. The number of methoxy groups -OCH3 is 1. The van der Waals surface area contributed by atoms with Crippen LogP contribution in [-0.4, -0.2) is 24.1 Å². The van der Waals surface area contributed by atoms with Crippen molar-refractivity contribution in [2.45, 2.75) is 18.9 Å². The van der Waals surface area contributed by atoms with Gasteiger partial charge in [-0.25, -0.2) is 4.39 Å². The molecule has 4 nitrogen and oxygen atoms in total. The highest BCUT2D eigenvalue weighted by molar-refractivity contribution is 5.85. The fraction of sp³-hybridized carbons (Fsp3) is 0.308. The first-order valence-electron chi connectivity index (χ1n) is 5.64. The summed E-state index contributed by atoms with van der Waals surface area (Å²) >= 11 is 0. The van der Waals surface area contributed by atoms with E-state index in [1.807, 2.05) is 6.92 Å². The first-order valence-corrected chi connectivity index (χ1v) is 5.64. The molecule has 5 heteroatoms. The lowest BCUT2D eigenvalue weighted by Gasteiger charge is -2.17. The molecule has 96 valence electrons. The Balaban J connectivity index is 2.39. The van der Waals surface area contributed by atoms with Gasteiger partial charge in [-0.15, -0.1) is 0 Å². The molecule has 0 radical (unpaired) electrons. The lowest BCUT2D eigenvalue weighted by molar-refractivity contribution is -0.142. The zero-order valence-electron chi connectivity index (χ0n) is 10.2. The smallest absolute Gasteiger partial charge is 0.323 e. The van der Waals surface area contributed by atoms with Gasteiger partial charge in [0.15, 0.2) is 0 Å². The van der Waals surface area contributed by atoms with Crippen LogP contribution in [-0.2, 0) is 9.53 Å². The largest absolute Gasteiger partial charge is 0.468 e. The van der Waals surface area contributed by atoms with E-state index < -0.39 is 12.0 Å². The predicted octanol–water partition coefficient (Wildman–Crippen LogP) is 1.91. The Bertz CT molecular complexity index is 579. The summed E-state index contributed by atoms with van der Waals surface area (Å²) in [6.45, 7) is 1.84. The van der Waals surface area contributed by atoms with E-state index in [-0.39, 0.29) is 11.7 Å². The van der Waals surface area contributed by atoms with E-state index >= 15 is 0 Å². The van der Waals surface area contributed by atoms with E-state index in [0.717, 1.165) is 10.9 Å². The van der Waals surface area contributed by atoms with Crippen molar-refractivity contribution in [2.75, 3.05) is 7.11 Å². The number of hydrogen-bond acceptors (Lipinski definition) is 3. The molecule has 0 aliphatic rings. The zero-order chi connectivity index (χ0) is 13.3. The molecular weight excluding hydrogens is 235 g/mol. The molecule has 1 heterocycles. The molecule has 0 spiro atoms. The molecule has 1 aromatic heterocycles. The third kappa shape index (κ3) is 2.09. The number of hydrogen-bond donors (Lipinski definition) is 2. The number of carbonyl (C=O) groups is 1. The van der Waals surface area contributed by atoms with Crippen molar-refractivity contribution in [3.63, 3.8) is 0 Å². The van der Waals surface area contributed by atoms with E-state index in [1.54, 1.807) is 12.3 Å². The first-order chi connectivity index (χ1) is 8.54. The third-order valence-electron chi connectivity index (χ3n) is 3.18. The summed E-state index contributed by atoms with van der Waals surface area (Å²) in [7, 11) is 1.31. The molecule has 0 bridgehead atoms. The van der Waals surface area contributed by atoms with Gasteiger partial charge in [0.1, 0.15) is 11.9 Å². The van der Waals surface area contributed by atoms with Crippen LogP contribution in [0.4, 0.5) is 4.39 Å². The van der Waals surface area contributed by atoms with Gasteiger partial charge < -0.3 is 15.5 Å². The Hall–Kier alpha value is -1.88. The van der Waals surface area contributed by atoms with Crippen molar-refractivity contribution in [3.05, 3.63) is 35.8 Å². The molecule has 0 amide bonds. The average molecular weight is 250 g/mol. The Kier molecular flexibility index (Phi) is 3.34. The second-order valence-corrected chi connectivity index (χ2v) is 4.27. The van der Waals surface area contributed by atoms with Crippen LogP contribution in [0, 0.1) is 5.82 Å². The van der Waals surface area contributed by atoms with Crippen molar-refractivity contribution in [1.82, 2.24) is 4.98 Å². The van der Waals surface area contributed by atoms with Gasteiger partial charge in [-0.3, -0.25) is 4.79 Å². The number of H-pyrrole nitrogens is 1. The van der Waals surface area contributed by atoms with E-state index in [9.17, 15) is 9.18 Å². The maximum Gasteiger partial charge on any atom is 0.323 e. The fourth-order valence-corrected chi connectivity index (χ4v) is 2.03. The maximum absolute atomic E-state index is 13.1. The van der Waals surface area contributed by atoms with Crippen LogP contribution in [0.1, 0.15) is 18.4 Å². The molecule has 2 unspecified atom stereocenters. The summed E-state index contributed by atoms with van der Waals surface area (Å²) in [6.07, 6.45) is 1.75. The molecular formula is C13H15FN2O2. The Morgan fingerprint density at radius 2 is 2.22 bits per heavy atom. The number of fused-ring (bicyclic) bond motifs is 1. The molecule has 0 saturated carbocycles. The van der Waals surface area contributed by atoms with Crippen molar-refractivity contribution >= 4 is 16.9 Å². The summed E-state index contributed by atoms with van der Waals surface area (Å²) in [4.78, 5) is 14.4. The molecule has 3 N–H and O–H groups in total. The molecule has 0 aliphatic heterocycles. The summed E-state index contributed by atoms with van der Waals surface area (Å²) in [5, 5.41) is 0.864. The van der Waals surface area contributed by atoms with E-state index in [2.05, 4.69) is 9.72 Å². The van der Waals surface area contributed by atoms with Crippen molar-refractivity contribution in [2.24, 2.45) is 5.73 Å². The van der Waals surface area contributed by atoms with Gasteiger partial charge in [-0.05, 0) is 23.8 Å². The Labute approximate surface area is 104 Å². The summed E-state index contributed by atoms with van der Waals surface area (Å²) in [6, 6.07) is 3.74. The van der Waals surface area contributed by atoms with Crippen LogP contribution in [0.3, 0.4) is 0 Å². The Morgan fingerprint density at radius 3 is 2.89 bits per heavy atom. The molecule has 0 aliphatic carbocycles. The van der Waals surface area contributed by atoms with Crippen LogP contribution < -0.4 is 5.73 Å². The van der Waals surface area contributed by atoms with Crippen molar-refractivity contribution in [1.29, 1.82) is 0 Å². The second kappa shape index (κ2) is 4.78. The molecule has 0 fully saturated rings. The molecule has 0 saturated heterocycles. The predicted molar refractivity (Wildman–Crippen MR) is 66.7 cm³/mol.